The number of carbonyl (C=O) groups excluding carboxylic acids is 1. The quantitative estimate of drug-likeness (QED) is 0.406. The average molecular weight is 452 g/mol. The van der Waals surface area contributed by atoms with Gasteiger partial charge in [-0.3, -0.25) is 4.79 Å². The van der Waals surface area contributed by atoms with Crippen LogP contribution in [0.5, 0.6) is 0 Å². The van der Waals surface area contributed by atoms with Gasteiger partial charge < -0.3 is 5.32 Å². The van der Waals surface area contributed by atoms with Crippen LogP contribution in [0.1, 0.15) is 72.8 Å². The van der Waals surface area contributed by atoms with E-state index >= 15 is 0 Å². The lowest BCUT2D eigenvalue weighted by molar-refractivity contribution is -0.123. The van der Waals surface area contributed by atoms with Crippen LogP contribution in [0.4, 0.5) is 4.39 Å². The maximum absolute atomic E-state index is 13.3. The molecule has 0 bridgehead atoms. The molecule has 0 aliphatic heterocycles. The van der Waals surface area contributed by atoms with Crippen LogP contribution in [-0.4, -0.2) is 22.2 Å². The molecular formula is C28H38FN3O. The molecule has 1 amide bonds. The number of nitrogens with zero attached hydrogens (tertiary/aromatic N) is 2. The Morgan fingerprint density at radius 2 is 1.73 bits per heavy atom. The highest BCUT2D eigenvalue weighted by molar-refractivity contribution is 5.81. The molecule has 1 unspecified atom stereocenters. The van der Waals surface area contributed by atoms with Gasteiger partial charge in [0.25, 0.3) is 0 Å². The van der Waals surface area contributed by atoms with Crippen molar-refractivity contribution in [3.05, 3.63) is 60.0 Å². The van der Waals surface area contributed by atoms with Gasteiger partial charge in [0.05, 0.1) is 17.4 Å². The molecule has 4 nitrogen and oxygen atoms in total. The third-order valence-corrected chi connectivity index (χ3v) is 6.15. The van der Waals surface area contributed by atoms with Crippen molar-refractivity contribution in [1.82, 2.24) is 15.1 Å². The fraction of sp³-hybridized carbons (Fsp3) is 0.500. The van der Waals surface area contributed by atoms with Crippen LogP contribution in [0.3, 0.4) is 0 Å². The molecule has 0 aliphatic carbocycles. The van der Waals surface area contributed by atoms with Crippen molar-refractivity contribution in [3.63, 3.8) is 0 Å². The van der Waals surface area contributed by atoms with Crippen molar-refractivity contribution >= 4 is 16.8 Å². The summed E-state index contributed by atoms with van der Waals surface area (Å²) in [5, 5.41) is 8.79. The molecule has 1 N–H and O–H groups in total. The molecule has 0 saturated heterocycles. The molecule has 3 rings (SSSR count). The van der Waals surface area contributed by atoms with Gasteiger partial charge in [0, 0.05) is 18.4 Å². The van der Waals surface area contributed by atoms with E-state index < -0.39 is 0 Å². The summed E-state index contributed by atoms with van der Waals surface area (Å²) in [4.78, 5) is 12.5. The molecular weight excluding hydrogens is 413 g/mol. The molecule has 2 aromatic carbocycles. The smallest absolute Gasteiger partial charge is 0.220 e. The Morgan fingerprint density at radius 3 is 2.33 bits per heavy atom. The van der Waals surface area contributed by atoms with Gasteiger partial charge >= 0.3 is 0 Å². The van der Waals surface area contributed by atoms with E-state index in [1.165, 1.54) is 17.7 Å². The number of hydrogen-bond acceptors (Lipinski definition) is 2. The topological polar surface area (TPSA) is 46.9 Å². The summed E-state index contributed by atoms with van der Waals surface area (Å²) >= 11 is 0. The molecule has 0 aliphatic rings. The number of nitrogens with one attached hydrogen (secondary N) is 1. The lowest BCUT2D eigenvalue weighted by Gasteiger charge is -2.36. The molecule has 1 aromatic heterocycles. The second kappa shape index (κ2) is 9.66. The Kier molecular flexibility index (Phi) is 7.30. The van der Waals surface area contributed by atoms with Crippen molar-refractivity contribution < 1.29 is 9.18 Å². The van der Waals surface area contributed by atoms with Crippen LogP contribution in [-0.2, 0) is 4.79 Å². The summed E-state index contributed by atoms with van der Waals surface area (Å²) in [5.74, 6) is 0.656. The first-order valence-corrected chi connectivity index (χ1v) is 11.9. The monoisotopic (exact) mass is 451 g/mol. The minimum absolute atomic E-state index is 0.0265. The van der Waals surface area contributed by atoms with Crippen molar-refractivity contribution in [3.8, 4) is 5.69 Å². The summed E-state index contributed by atoms with van der Waals surface area (Å²) in [5.41, 5.74) is 2.94. The van der Waals surface area contributed by atoms with E-state index in [1.54, 1.807) is 12.1 Å². The number of hydrogen-bond donors (Lipinski definition) is 1. The zero-order chi connectivity index (χ0) is 24.4. The highest BCUT2D eigenvalue weighted by Gasteiger charge is 2.32. The number of amides is 1. The maximum Gasteiger partial charge on any atom is 0.220 e. The molecule has 0 saturated carbocycles. The summed E-state index contributed by atoms with van der Waals surface area (Å²) in [6, 6.07) is 12.9. The maximum atomic E-state index is 13.3. The first-order valence-electron chi connectivity index (χ1n) is 11.9. The molecule has 0 radical (unpaired) electrons. The summed E-state index contributed by atoms with van der Waals surface area (Å²) in [6.45, 7) is 15.8. The van der Waals surface area contributed by atoms with Gasteiger partial charge in [0.2, 0.25) is 5.91 Å². The zero-order valence-corrected chi connectivity index (χ0v) is 21.1. The number of carbonyl (C=O) groups is 1. The summed E-state index contributed by atoms with van der Waals surface area (Å²) < 4.78 is 15.2. The molecule has 1 atom stereocenters. The third-order valence-electron chi connectivity index (χ3n) is 6.15. The number of aromatic nitrogens is 2. The van der Waals surface area contributed by atoms with E-state index in [4.69, 9.17) is 0 Å². The van der Waals surface area contributed by atoms with E-state index in [0.29, 0.717) is 18.9 Å². The Morgan fingerprint density at radius 1 is 1.06 bits per heavy atom. The first kappa shape index (κ1) is 24.9. The lowest BCUT2D eigenvalue weighted by atomic mass is 9.71. The van der Waals surface area contributed by atoms with Crippen LogP contribution in [0, 0.1) is 22.6 Å². The molecule has 0 fully saturated rings. The highest BCUT2D eigenvalue weighted by atomic mass is 19.1. The lowest BCUT2D eigenvalue weighted by Crippen LogP contribution is -2.39. The standard InChI is InChI=1S/C28H38FN3O/c1-19(2)14-24(28(6,7)18-30-26(33)16-27(3,4)5)20-8-13-25-21(15-20)17-31-32(25)23-11-9-22(29)10-12-23/h8-13,15,17,19,24H,14,16,18H2,1-7H3,(H,30,33). The largest absolute Gasteiger partial charge is 0.356 e. The molecule has 0 spiro atoms. The number of halogens is 1. The third kappa shape index (κ3) is 6.43. The predicted molar refractivity (Wildman–Crippen MR) is 134 cm³/mol. The fourth-order valence-electron chi connectivity index (χ4n) is 4.43. The van der Waals surface area contributed by atoms with E-state index in [-0.39, 0.29) is 28.5 Å². The normalized spacial score (nSPS) is 13.5. The average Bonchev–Trinajstić information content (AvgIpc) is 3.13. The number of benzene rings is 2. The summed E-state index contributed by atoms with van der Waals surface area (Å²) in [6.07, 6.45) is 3.42. The number of rotatable bonds is 8. The Balaban J connectivity index is 1.87. The van der Waals surface area contributed by atoms with Gasteiger partial charge in [-0.2, -0.15) is 5.10 Å². The van der Waals surface area contributed by atoms with E-state index in [1.807, 2.05) is 10.9 Å². The predicted octanol–water partition coefficient (Wildman–Crippen LogP) is 6.87. The second-order valence-corrected chi connectivity index (χ2v) is 11.5. The van der Waals surface area contributed by atoms with E-state index in [0.717, 1.165) is 23.0 Å². The van der Waals surface area contributed by atoms with Crippen molar-refractivity contribution in [1.29, 1.82) is 0 Å². The highest BCUT2D eigenvalue weighted by Crippen LogP contribution is 2.41. The van der Waals surface area contributed by atoms with Crippen LogP contribution in [0.25, 0.3) is 16.6 Å². The minimum atomic E-state index is -0.258. The van der Waals surface area contributed by atoms with Gasteiger partial charge in [-0.25, -0.2) is 9.07 Å². The Bertz CT molecular complexity index is 1090. The van der Waals surface area contributed by atoms with Gasteiger partial charge in [-0.05, 0) is 71.0 Å². The molecule has 178 valence electrons. The van der Waals surface area contributed by atoms with Gasteiger partial charge in [0.1, 0.15) is 5.82 Å². The van der Waals surface area contributed by atoms with E-state index in [2.05, 4.69) is 77.1 Å². The van der Waals surface area contributed by atoms with E-state index in [9.17, 15) is 9.18 Å². The molecule has 1 heterocycles. The number of fused-ring (bicyclic) bond motifs is 1. The van der Waals surface area contributed by atoms with Gasteiger partial charge in [0.15, 0.2) is 0 Å². The van der Waals surface area contributed by atoms with Crippen LogP contribution in [0.15, 0.2) is 48.7 Å². The second-order valence-electron chi connectivity index (χ2n) is 11.5. The van der Waals surface area contributed by atoms with Crippen LogP contribution >= 0.6 is 0 Å². The van der Waals surface area contributed by atoms with Crippen LogP contribution < -0.4 is 5.32 Å². The molecule has 5 heteroatoms. The first-order chi connectivity index (χ1) is 15.4. The van der Waals surface area contributed by atoms with Crippen LogP contribution in [0.2, 0.25) is 0 Å². The van der Waals surface area contributed by atoms with Crippen molar-refractivity contribution in [2.45, 2.75) is 67.2 Å². The van der Waals surface area contributed by atoms with Gasteiger partial charge in [-0.1, -0.05) is 54.5 Å². The van der Waals surface area contributed by atoms with Crippen molar-refractivity contribution in [2.75, 3.05) is 6.54 Å². The van der Waals surface area contributed by atoms with Gasteiger partial charge in [-0.15, -0.1) is 0 Å². The minimum Gasteiger partial charge on any atom is -0.356 e. The van der Waals surface area contributed by atoms with Crippen molar-refractivity contribution in [2.24, 2.45) is 16.7 Å². The Hall–Kier alpha value is -2.69. The molecule has 33 heavy (non-hydrogen) atoms. The SMILES string of the molecule is CC(C)CC(c1ccc2c(cnn2-c2ccc(F)cc2)c1)C(C)(C)CNC(=O)CC(C)(C)C. The fourth-order valence-corrected chi connectivity index (χ4v) is 4.43. The summed E-state index contributed by atoms with van der Waals surface area (Å²) in [7, 11) is 0. The molecule has 3 aromatic rings. The Labute approximate surface area is 197 Å². The zero-order valence-electron chi connectivity index (χ0n) is 21.1.